The van der Waals surface area contributed by atoms with Crippen LogP contribution in [0.1, 0.15) is 39.9 Å². The molecule has 144 valence electrons. The van der Waals surface area contributed by atoms with Crippen LogP contribution in [0.5, 0.6) is 5.75 Å². The van der Waals surface area contributed by atoms with E-state index in [0.29, 0.717) is 34.3 Å². The van der Waals surface area contributed by atoms with E-state index < -0.39 is 5.97 Å². The molecule has 7 nitrogen and oxygen atoms in total. The number of carbonyl (C=O) groups is 2. The zero-order valence-corrected chi connectivity index (χ0v) is 16.4. The number of hydrazone groups is 1. The molecule has 0 aliphatic heterocycles. The number of ether oxygens (including phenoxy) is 1. The van der Waals surface area contributed by atoms with Crippen LogP contribution in [0, 0.1) is 13.8 Å². The van der Waals surface area contributed by atoms with Gasteiger partial charge in [0.15, 0.2) is 0 Å². The fourth-order valence-electron chi connectivity index (χ4n) is 2.48. The number of furan rings is 1. The lowest BCUT2D eigenvalue weighted by molar-refractivity contribution is -0.301. The standard InChI is InChI=1S/C19H22N2O5S/c1-11-7-16(13(3)26-11)19(24)21-20-12(2)14-5-6-17(25-4)15(8-14)9-27-10-18(22)23/h5-8H,9-10H2,1-4H3,(H,21,24)(H,22,23)/p-1/b20-12-. The summed E-state index contributed by atoms with van der Waals surface area (Å²) in [5, 5.41) is 14.7. The number of aryl methyl sites for hydroxylation is 2. The highest BCUT2D eigenvalue weighted by Gasteiger charge is 2.13. The largest absolute Gasteiger partial charge is 0.549 e. The summed E-state index contributed by atoms with van der Waals surface area (Å²) < 4.78 is 10.7. The van der Waals surface area contributed by atoms with Crippen molar-refractivity contribution in [3.8, 4) is 5.75 Å². The number of thioether (sulfide) groups is 1. The maximum atomic E-state index is 12.2. The third kappa shape index (κ3) is 5.62. The first-order chi connectivity index (χ1) is 12.8. The number of nitrogens with zero attached hydrogens (tertiary/aromatic N) is 1. The molecule has 1 N–H and O–H groups in total. The van der Waals surface area contributed by atoms with E-state index in [1.807, 2.05) is 12.1 Å². The number of methoxy groups -OCH3 is 1. The van der Waals surface area contributed by atoms with Crippen molar-refractivity contribution in [2.75, 3.05) is 12.9 Å². The van der Waals surface area contributed by atoms with E-state index in [4.69, 9.17) is 9.15 Å². The Morgan fingerprint density at radius 1 is 1.30 bits per heavy atom. The van der Waals surface area contributed by atoms with Crippen LogP contribution >= 0.6 is 11.8 Å². The lowest BCUT2D eigenvalue weighted by Gasteiger charge is -2.11. The Morgan fingerprint density at radius 3 is 2.63 bits per heavy atom. The lowest BCUT2D eigenvalue weighted by Crippen LogP contribution is -2.24. The van der Waals surface area contributed by atoms with Crippen molar-refractivity contribution in [2.24, 2.45) is 5.10 Å². The van der Waals surface area contributed by atoms with Gasteiger partial charge in [0.05, 0.1) is 24.4 Å². The second kappa shape index (κ2) is 9.27. The third-order valence-electron chi connectivity index (χ3n) is 3.79. The van der Waals surface area contributed by atoms with Crippen molar-refractivity contribution in [1.82, 2.24) is 5.43 Å². The summed E-state index contributed by atoms with van der Waals surface area (Å²) in [6, 6.07) is 7.13. The molecule has 0 saturated heterocycles. The molecule has 0 unspecified atom stereocenters. The summed E-state index contributed by atoms with van der Waals surface area (Å²) in [5.41, 5.74) is 5.20. The number of rotatable bonds is 8. The zero-order chi connectivity index (χ0) is 20.0. The third-order valence-corrected chi connectivity index (χ3v) is 4.74. The molecule has 1 amide bonds. The van der Waals surface area contributed by atoms with Crippen LogP contribution in [0.2, 0.25) is 0 Å². The first-order valence-corrected chi connectivity index (χ1v) is 9.33. The predicted molar refractivity (Wildman–Crippen MR) is 102 cm³/mol. The van der Waals surface area contributed by atoms with Crippen LogP contribution in [0.4, 0.5) is 0 Å². The van der Waals surface area contributed by atoms with E-state index >= 15 is 0 Å². The van der Waals surface area contributed by atoms with Gasteiger partial charge in [-0.25, -0.2) is 5.43 Å². The first-order valence-electron chi connectivity index (χ1n) is 8.18. The van der Waals surface area contributed by atoms with Gasteiger partial charge in [0, 0.05) is 17.1 Å². The fourth-order valence-corrected chi connectivity index (χ4v) is 3.19. The molecule has 0 atom stereocenters. The maximum Gasteiger partial charge on any atom is 0.274 e. The highest BCUT2D eigenvalue weighted by atomic mass is 32.2. The number of carboxylic acids is 1. The molecule has 1 aromatic heterocycles. The Balaban J connectivity index is 2.13. The predicted octanol–water partition coefficient (Wildman–Crippen LogP) is 2.04. The number of carboxylic acid groups (broad SMARTS) is 1. The molecular formula is C19H21N2O5S-. The van der Waals surface area contributed by atoms with Gasteiger partial charge in [-0.05, 0) is 50.6 Å². The summed E-state index contributed by atoms with van der Waals surface area (Å²) >= 11 is 1.22. The van der Waals surface area contributed by atoms with Crippen molar-refractivity contribution in [3.63, 3.8) is 0 Å². The van der Waals surface area contributed by atoms with Crippen LogP contribution in [0.3, 0.4) is 0 Å². The van der Waals surface area contributed by atoms with Gasteiger partial charge in [-0.1, -0.05) is 0 Å². The molecule has 0 aliphatic rings. The molecule has 2 rings (SSSR count). The molecule has 0 bridgehead atoms. The van der Waals surface area contributed by atoms with Gasteiger partial charge in [-0.15, -0.1) is 0 Å². The van der Waals surface area contributed by atoms with Gasteiger partial charge < -0.3 is 19.1 Å². The highest BCUT2D eigenvalue weighted by Crippen LogP contribution is 2.25. The van der Waals surface area contributed by atoms with Crippen LogP contribution in [0.15, 0.2) is 33.8 Å². The SMILES string of the molecule is COc1ccc(/C(C)=N\NC(=O)c2cc(C)oc2C)cc1CSCC(=O)[O-]. The number of amides is 1. The Morgan fingerprint density at radius 2 is 2.04 bits per heavy atom. The minimum atomic E-state index is -1.11. The van der Waals surface area contributed by atoms with E-state index in [9.17, 15) is 14.7 Å². The normalized spacial score (nSPS) is 11.3. The summed E-state index contributed by atoms with van der Waals surface area (Å²) in [4.78, 5) is 22.8. The van der Waals surface area contributed by atoms with E-state index in [1.54, 1.807) is 40.0 Å². The quantitative estimate of drug-likeness (QED) is 0.547. The second-order valence-corrected chi connectivity index (χ2v) is 6.84. The van der Waals surface area contributed by atoms with Gasteiger partial charge in [-0.3, -0.25) is 4.79 Å². The van der Waals surface area contributed by atoms with Gasteiger partial charge in [0.2, 0.25) is 0 Å². The summed E-state index contributed by atoms with van der Waals surface area (Å²) in [5.74, 6) is 0.757. The average molecular weight is 389 g/mol. The molecule has 0 spiro atoms. The van der Waals surface area contributed by atoms with Gasteiger partial charge in [0.1, 0.15) is 17.3 Å². The fraction of sp³-hybridized carbons (Fsp3) is 0.316. The number of nitrogens with one attached hydrogen (secondary N) is 1. The van der Waals surface area contributed by atoms with E-state index in [0.717, 1.165) is 11.1 Å². The summed E-state index contributed by atoms with van der Waals surface area (Å²) in [6.45, 7) is 5.27. The van der Waals surface area contributed by atoms with Crippen LogP contribution < -0.4 is 15.3 Å². The molecule has 27 heavy (non-hydrogen) atoms. The van der Waals surface area contributed by atoms with Gasteiger partial charge in [0.25, 0.3) is 5.91 Å². The van der Waals surface area contributed by atoms with Crippen molar-refractivity contribution in [3.05, 3.63) is 52.5 Å². The van der Waals surface area contributed by atoms with E-state index in [2.05, 4.69) is 10.5 Å². The van der Waals surface area contributed by atoms with Crippen LogP contribution in [0.25, 0.3) is 0 Å². The van der Waals surface area contributed by atoms with E-state index in [1.165, 1.54) is 11.8 Å². The topological polar surface area (TPSA) is 104 Å². The molecule has 1 heterocycles. The number of carbonyl (C=O) groups excluding carboxylic acids is 2. The maximum absolute atomic E-state index is 12.2. The molecule has 8 heteroatoms. The summed E-state index contributed by atoms with van der Waals surface area (Å²) in [7, 11) is 1.55. The van der Waals surface area contributed by atoms with Crippen LogP contribution in [-0.2, 0) is 10.5 Å². The van der Waals surface area contributed by atoms with Gasteiger partial charge in [-0.2, -0.15) is 16.9 Å². The number of hydrogen-bond acceptors (Lipinski definition) is 7. The minimum Gasteiger partial charge on any atom is -0.549 e. The number of benzene rings is 1. The average Bonchev–Trinajstić information content (AvgIpc) is 2.97. The van der Waals surface area contributed by atoms with Crippen molar-refractivity contribution < 1.29 is 23.8 Å². The monoisotopic (exact) mass is 389 g/mol. The molecule has 0 saturated carbocycles. The van der Waals surface area contributed by atoms with Gasteiger partial charge >= 0.3 is 0 Å². The molecule has 0 fully saturated rings. The smallest absolute Gasteiger partial charge is 0.274 e. The van der Waals surface area contributed by atoms with Crippen LogP contribution in [-0.4, -0.2) is 30.5 Å². The van der Waals surface area contributed by atoms with E-state index in [-0.39, 0.29) is 11.7 Å². The zero-order valence-electron chi connectivity index (χ0n) is 15.6. The number of hydrogen-bond donors (Lipinski definition) is 1. The van der Waals surface area contributed by atoms with Crippen molar-refractivity contribution in [2.45, 2.75) is 26.5 Å². The molecule has 2 aromatic rings. The Kier molecular flexibility index (Phi) is 7.06. The first kappa shape index (κ1) is 20.6. The Bertz CT molecular complexity index is 873. The Hall–Kier alpha value is -2.74. The molecular weight excluding hydrogens is 368 g/mol. The molecule has 0 radical (unpaired) electrons. The lowest BCUT2D eigenvalue weighted by atomic mass is 10.1. The van der Waals surface area contributed by atoms with Crippen molar-refractivity contribution >= 4 is 29.4 Å². The Labute approximate surface area is 161 Å². The van der Waals surface area contributed by atoms with Crippen molar-refractivity contribution in [1.29, 1.82) is 0 Å². The minimum absolute atomic E-state index is 0.0972. The summed E-state index contributed by atoms with van der Waals surface area (Å²) in [6.07, 6.45) is 0. The second-order valence-electron chi connectivity index (χ2n) is 5.86. The highest BCUT2D eigenvalue weighted by molar-refractivity contribution is 7.99. The number of aliphatic carboxylic acids is 1. The molecule has 1 aromatic carbocycles. The molecule has 0 aliphatic carbocycles.